The molecule has 5 heteroatoms. The van der Waals surface area contributed by atoms with Crippen molar-refractivity contribution in [1.29, 1.82) is 0 Å². The molecule has 21 heavy (non-hydrogen) atoms. The molecule has 3 atom stereocenters. The van der Waals surface area contributed by atoms with Gasteiger partial charge in [-0.1, -0.05) is 29.8 Å². The molecule has 0 bridgehead atoms. The van der Waals surface area contributed by atoms with Crippen LogP contribution in [0.15, 0.2) is 24.3 Å². The Morgan fingerprint density at radius 1 is 1.24 bits per heavy atom. The monoisotopic (exact) mass is 307 g/mol. The number of carbonyl (C=O) groups is 2. The van der Waals surface area contributed by atoms with Crippen LogP contribution in [0, 0.1) is 5.92 Å². The average molecular weight is 308 g/mol. The number of halogens is 1. The number of rotatable bonds is 3. The lowest BCUT2D eigenvalue weighted by atomic mass is 10.0. The third kappa shape index (κ3) is 2.77. The maximum absolute atomic E-state index is 12.6. The zero-order valence-electron chi connectivity index (χ0n) is 11.7. The summed E-state index contributed by atoms with van der Waals surface area (Å²) in [7, 11) is 0. The second-order valence-electron chi connectivity index (χ2n) is 5.85. The molecular formula is C16H18ClNO3. The first-order valence-corrected chi connectivity index (χ1v) is 7.75. The van der Waals surface area contributed by atoms with Crippen molar-refractivity contribution in [3.63, 3.8) is 0 Å². The van der Waals surface area contributed by atoms with E-state index in [1.54, 1.807) is 4.90 Å². The van der Waals surface area contributed by atoms with Crippen molar-refractivity contribution in [2.24, 2.45) is 5.92 Å². The first kappa shape index (κ1) is 14.4. The summed E-state index contributed by atoms with van der Waals surface area (Å²) in [6, 6.07) is 6.92. The fourth-order valence-electron chi connectivity index (χ4n) is 3.25. The van der Waals surface area contributed by atoms with Crippen molar-refractivity contribution >= 4 is 23.5 Å². The van der Waals surface area contributed by atoms with Crippen LogP contribution in [-0.4, -0.2) is 34.5 Å². The minimum Gasteiger partial charge on any atom is -0.480 e. The fourth-order valence-corrected chi connectivity index (χ4v) is 3.53. The van der Waals surface area contributed by atoms with E-state index in [-0.39, 0.29) is 17.7 Å². The van der Waals surface area contributed by atoms with Crippen LogP contribution in [0.25, 0.3) is 0 Å². The van der Waals surface area contributed by atoms with Crippen LogP contribution in [0.2, 0.25) is 5.02 Å². The number of piperidine rings is 1. The minimum absolute atomic E-state index is 0.0213. The highest BCUT2D eigenvalue weighted by Crippen LogP contribution is 2.50. The Morgan fingerprint density at radius 3 is 2.71 bits per heavy atom. The van der Waals surface area contributed by atoms with Crippen molar-refractivity contribution in [2.45, 2.75) is 37.6 Å². The predicted octanol–water partition coefficient (Wildman–Crippen LogP) is 2.91. The summed E-state index contributed by atoms with van der Waals surface area (Å²) in [5.74, 6) is -0.877. The van der Waals surface area contributed by atoms with Gasteiger partial charge in [-0.15, -0.1) is 0 Å². The van der Waals surface area contributed by atoms with E-state index in [9.17, 15) is 14.7 Å². The van der Waals surface area contributed by atoms with Gasteiger partial charge in [-0.05, 0) is 43.2 Å². The van der Waals surface area contributed by atoms with Crippen LogP contribution in [0.1, 0.15) is 37.2 Å². The quantitative estimate of drug-likeness (QED) is 0.934. The highest BCUT2D eigenvalue weighted by Gasteiger charge is 2.48. The Morgan fingerprint density at radius 2 is 2.00 bits per heavy atom. The van der Waals surface area contributed by atoms with E-state index in [0.29, 0.717) is 18.0 Å². The van der Waals surface area contributed by atoms with E-state index in [4.69, 9.17) is 11.6 Å². The number of likely N-dealkylation sites (tertiary alicyclic amines) is 1. The lowest BCUT2D eigenvalue weighted by Crippen LogP contribution is -2.48. The van der Waals surface area contributed by atoms with Gasteiger partial charge in [0.05, 0.1) is 0 Å². The molecular weight excluding hydrogens is 290 g/mol. The third-order valence-corrected chi connectivity index (χ3v) is 4.83. The number of benzene rings is 1. The summed E-state index contributed by atoms with van der Waals surface area (Å²) in [4.78, 5) is 25.5. The highest BCUT2D eigenvalue weighted by molar-refractivity contribution is 6.31. The van der Waals surface area contributed by atoms with Gasteiger partial charge < -0.3 is 10.0 Å². The molecule has 2 fully saturated rings. The van der Waals surface area contributed by atoms with Crippen molar-refractivity contribution in [2.75, 3.05) is 6.54 Å². The maximum atomic E-state index is 12.6. The number of amides is 1. The molecule has 1 aromatic carbocycles. The number of hydrogen-bond donors (Lipinski definition) is 1. The molecule has 1 amide bonds. The van der Waals surface area contributed by atoms with Crippen LogP contribution in [0.4, 0.5) is 0 Å². The van der Waals surface area contributed by atoms with E-state index in [2.05, 4.69) is 0 Å². The van der Waals surface area contributed by atoms with E-state index < -0.39 is 12.0 Å². The molecule has 0 spiro atoms. The molecule has 0 aromatic heterocycles. The molecule has 1 aliphatic carbocycles. The molecule has 3 rings (SSSR count). The lowest BCUT2D eigenvalue weighted by Gasteiger charge is -2.33. The predicted molar refractivity (Wildman–Crippen MR) is 79.3 cm³/mol. The summed E-state index contributed by atoms with van der Waals surface area (Å²) < 4.78 is 0. The summed E-state index contributed by atoms with van der Waals surface area (Å²) in [5.41, 5.74) is 1.00. The zero-order chi connectivity index (χ0) is 15.0. The molecule has 4 nitrogen and oxygen atoms in total. The molecule has 1 heterocycles. The van der Waals surface area contributed by atoms with Gasteiger partial charge in [0.15, 0.2) is 0 Å². The second kappa shape index (κ2) is 5.68. The Labute approximate surface area is 128 Å². The zero-order valence-corrected chi connectivity index (χ0v) is 12.4. The standard InChI is InChI=1S/C16H18ClNO3/c17-13-6-2-1-5-10(13)11-9-12(11)15(19)18-8-4-3-7-14(18)16(20)21/h1-2,5-6,11-12,14H,3-4,7-9H2,(H,20,21)/t11?,12?,14-/m1/s1. The van der Waals surface area contributed by atoms with Gasteiger partial charge in [-0.3, -0.25) is 4.79 Å². The lowest BCUT2D eigenvalue weighted by molar-refractivity contribution is -0.152. The van der Waals surface area contributed by atoms with E-state index >= 15 is 0 Å². The molecule has 1 saturated carbocycles. The second-order valence-corrected chi connectivity index (χ2v) is 6.26. The SMILES string of the molecule is O=C(O)[C@H]1CCCCN1C(=O)C1CC1c1ccccc1Cl. The van der Waals surface area contributed by atoms with Crippen molar-refractivity contribution in [3.8, 4) is 0 Å². The Bertz CT molecular complexity index is 574. The molecule has 1 N–H and O–H groups in total. The average Bonchev–Trinajstić information content (AvgIpc) is 3.27. The van der Waals surface area contributed by atoms with Crippen molar-refractivity contribution < 1.29 is 14.7 Å². The fraction of sp³-hybridized carbons (Fsp3) is 0.500. The molecule has 1 saturated heterocycles. The van der Waals surface area contributed by atoms with Gasteiger partial charge in [0, 0.05) is 17.5 Å². The normalized spacial score (nSPS) is 28.2. The Balaban J connectivity index is 1.72. The molecule has 112 valence electrons. The first-order valence-electron chi connectivity index (χ1n) is 7.37. The molecule has 2 unspecified atom stereocenters. The van der Waals surface area contributed by atoms with Crippen LogP contribution in [0.3, 0.4) is 0 Å². The molecule has 1 aromatic rings. The van der Waals surface area contributed by atoms with Gasteiger partial charge in [-0.25, -0.2) is 4.79 Å². The maximum Gasteiger partial charge on any atom is 0.326 e. The number of carboxylic acid groups (broad SMARTS) is 1. The van der Waals surface area contributed by atoms with Crippen molar-refractivity contribution in [1.82, 2.24) is 4.90 Å². The van der Waals surface area contributed by atoms with Crippen molar-refractivity contribution in [3.05, 3.63) is 34.9 Å². The largest absolute Gasteiger partial charge is 0.480 e. The Kier molecular flexibility index (Phi) is 3.89. The van der Waals surface area contributed by atoms with Crippen LogP contribution >= 0.6 is 11.6 Å². The highest BCUT2D eigenvalue weighted by atomic mass is 35.5. The van der Waals surface area contributed by atoms with Gasteiger partial charge in [-0.2, -0.15) is 0 Å². The van der Waals surface area contributed by atoms with E-state index in [1.807, 2.05) is 24.3 Å². The number of carbonyl (C=O) groups excluding carboxylic acids is 1. The van der Waals surface area contributed by atoms with Crippen LogP contribution < -0.4 is 0 Å². The minimum atomic E-state index is -0.891. The van der Waals surface area contributed by atoms with E-state index in [0.717, 1.165) is 24.8 Å². The molecule has 2 aliphatic rings. The Hall–Kier alpha value is -1.55. The third-order valence-electron chi connectivity index (χ3n) is 4.48. The topological polar surface area (TPSA) is 57.6 Å². The number of hydrogen-bond acceptors (Lipinski definition) is 2. The summed E-state index contributed by atoms with van der Waals surface area (Å²) in [5, 5.41) is 9.96. The van der Waals surface area contributed by atoms with Gasteiger partial charge >= 0.3 is 5.97 Å². The van der Waals surface area contributed by atoms with Crippen LogP contribution in [0.5, 0.6) is 0 Å². The summed E-state index contributed by atoms with van der Waals surface area (Å²) in [6.45, 7) is 0.557. The molecule has 0 radical (unpaired) electrons. The molecule has 1 aliphatic heterocycles. The van der Waals surface area contributed by atoms with Gasteiger partial charge in [0.2, 0.25) is 5.91 Å². The van der Waals surface area contributed by atoms with E-state index in [1.165, 1.54) is 0 Å². The first-order chi connectivity index (χ1) is 10.1. The summed E-state index contributed by atoms with van der Waals surface area (Å²) in [6.07, 6.45) is 3.09. The van der Waals surface area contributed by atoms with Crippen LogP contribution in [-0.2, 0) is 9.59 Å². The van der Waals surface area contributed by atoms with Gasteiger partial charge in [0.25, 0.3) is 0 Å². The number of aliphatic carboxylic acids is 1. The number of nitrogens with zero attached hydrogens (tertiary/aromatic N) is 1. The smallest absolute Gasteiger partial charge is 0.326 e. The van der Waals surface area contributed by atoms with Gasteiger partial charge in [0.1, 0.15) is 6.04 Å². The number of carboxylic acids is 1. The summed E-state index contributed by atoms with van der Waals surface area (Å²) >= 11 is 6.18.